The van der Waals surface area contributed by atoms with Gasteiger partial charge in [-0.25, -0.2) is 9.18 Å². The van der Waals surface area contributed by atoms with E-state index in [2.05, 4.69) is 5.32 Å². The van der Waals surface area contributed by atoms with Crippen LogP contribution < -0.4 is 5.32 Å². The van der Waals surface area contributed by atoms with Gasteiger partial charge in [-0.1, -0.05) is 19.3 Å². The highest BCUT2D eigenvalue weighted by Gasteiger charge is 2.43. The van der Waals surface area contributed by atoms with E-state index in [1.54, 1.807) is 4.90 Å². The van der Waals surface area contributed by atoms with Crippen molar-refractivity contribution >= 4 is 17.8 Å². The van der Waals surface area contributed by atoms with Crippen LogP contribution >= 0.6 is 0 Å². The standard InChI is InChI=1S/C21H27FN2O4/c1-28-20(27)21(11-3-2-4-12-21)23-18(25)16-6-5-13-24(14-16)19(26)15-7-9-17(22)10-8-15/h7-10,16H,2-6,11-14H2,1H3,(H,23,25). The number of esters is 1. The van der Waals surface area contributed by atoms with Crippen LogP contribution in [-0.4, -0.2) is 48.4 Å². The normalized spacial score (nSPS) is 21.6. The lowest BCUT2D eigenvalue weighted by Crippen LogP contribution is -2.58. The smallest absolute Gasteiger partial charge is 0.331 e. The van der Waals surface area contributed by atoms with E-state index in [-0.39, 0.29) is 17.7 Å². The molecule has 0 spiro atoms. The number of carbonyl (C=O) groups excluding carboxylic acids is 3. The molecule has 152 valence electrons. The third-order valence-electron chi connectivity index (χ3n) is 5.82. The third-order valence-corrected chi connectivity index (χ3v) is 5.82. The molecule has 1 heterocycles. The molecule has 28 heavy (non-hydrogen) atoms. The molecule has 7 heteroatoms. The van der Waals surface area contributed by atoms with E-state index >= 15 is 0 Å². The van der Waals surface area contributed by atoms with Crippen LogP contribution in [0.1, 0.15) is 55.3 Å². The number of carbonyl (C=O) groups is 3. The van der Waals surface area contributed by atoms with Crippen LogP contribution in [-0.2, 0) is 14.3 Å². The summed E-state index contributed by atoms with van der Waals surface area (Å²) in [5.74, 6) is -1.58. The first-order chi connectivity index (χ1) is 13.4. The molecule has 1 N–H and O–H groups in total. The predicted octanol–water partition coefficient (Wildman–Crippen LogP) is 2.67. The Morgan fingerprint density at radius 3 is 2.43 bits per heavy atom. The Morgan fingerprint density at radius 1 is 1.11 bits per heavy atom. The summed E-state index contributed by atoms with van der Waals surface area (Å²) in [6, 6.07) is 5.42. The zero-order valence-corrected chi connectivity index (χ0v) is 16.2. The molecule has 1 aromatic carbocycles. The number of halogens is 1. The highest BCUT2D eigenvalue weighted by atomic mass is 19.1. The number of methoxy groups -OCH3 is 1. The van der Waals surface area contributed by atoms with E-state index in [4.69, 9.17) is 4.74 Å². The number of hydrogen-bond acceptors (Lipinski definition) is 4. The molecule has 1 unspecified atom stereocenters. The highest BCUT2D eigenvalue weighted by molar-refractivity contribution is 5.95. The van der Waals surface area contributed by atoms with Gasteiger partial charge in [0.25, 0.3) is 5.91 Å². The zero-order valence-electron chi connectivity index (χ0n) is 16.2. The molecule has 1 aliphatic carbocycles. The Kier molecular flexibility index (Phi) is 6.31. The Balaban J connectivity index is 1.67. The molecule has 1 aliphatic heterocycles. The molecule has 1 saturated carbocycles. The summed E-state index contributed by atoms with van der Waals surface area (Å²) in [5.41, 5.74) is -0.548. The van der Waals surface area contributed by atoms with Crippen LogP contribution in [0.3, 0.4) is 0 Å². The van der Waals surface area contributed by atoms with Crippen LogP contribution in [0.25, 0.3) is 0 Å². The second-order valence-electron chi connectivity index (χ2n) is 7.72. The van der Waals surface area contributed by atoms with Crippen molar-refractivity contribution < 1.29 is 23.5 Å². The van der Waals surface area contributed by atoms with Crippen LogP contribution in [0.5, 0.6) is 0 Å². The Hall–Kier alpha value is -2.44. The zero-order chi connectivity index (χ0) is 20.1. The van der Waals surface area contributed by atoms with Gasteiger partial charge in [-0.15, -0.1) is 0 Å². The van der Waals surface area contributed by atoms with Crippen LogP contribution in [0, 0.1) is 11.7 Å². The van der Waals surface area contributed by atoms with Gasteiger partial charge in [-0.3, -0.25) is 9.59 Å². The Morgan fingerprint density at radius 2 is 1.79 bits per heavy atom. The fourth-order valence-corrected chi connectivity index (χ4v) is 4.22. The fourth-order valence-electron chi connectivity index (χ4n) is 4.22. The predicted molar refractivity (Wildman–Crippen MR) is 101 cm³/mol. The van der Waals surface area contributed by atoms with E-state index in [1.807, 2.05) is 0 Å². The molecule has 0 bridgehead atoms. The van der Waals surface area contributed by atoms with Crippen LogP contribution in [0.2, 0.25) is 0 Å². The minimum absolute atomic E-state index is 0.205. The molecule has 2 aliphatic rings. The monoisotopic (exact) mass is 390 g/mol. The number of rotatable bonds is 4. The van der Waals surface area contributed by atoms with Gasteiger partial charge in [-0.2, -0.15) is 0 Å². The second kappa shape index (κ2) is 8.71. The van der Waals surface area contributed by atoms with E-state index in [9.17, 15) is 18.8 Å². The van der Waals surface area contributed by atoms with Crippen molar-refractivity contribution in [3.63, 3.8) is 0 Å². The molecule has 2 fully saturated rings. The van der Waals surface area contributed by atoms with Gasteiger partial charge in [0.1, 0.15) is 11.4 Å². The number of hydrogen-bond donors (Lipinski definition) is 1. The van der Waals surface area contributed by atoms with Crippen molar-refractivity contribution in [2.45, 2.75) is 50.5 Å². The molecule has 0 aromatic heterocycles. The summed E-state index contributed by atoms with van der Waals surface area (Å²) in [4.78, 5) is 39.6. The minimum atomic E-state index is -0.951. The second-order valence-corrected chi connectivity index (χ2v) is 7.72. The minimum Gasteiger partial charge on any atom is -0.467 e. The average Bonchev–Trinajstić information content (AvgIpc) is 2.74. The molecular formula is C21H27FN2O4. The van der Waals surface area contributed by atoms with Gasteiger partial charge in [0.2, 0.25) is 5.91 Å². The van der Waals surface area contributed by atoms with Crippen LogP contribution in [0.15, 0.2) is 24.3 Å². The van der Waals surface area contributed by atoms with Crippen molar-refractivity contribution in [3.05, 3.63) is 35.6 Å². The first-order valence-corrected chi connectivity index (χ1v) is 9.90. The first kappa shape index (κ1) is 20.3. The summed E-state index contributed by atoms with van der Waals surface area (Å²) < 4.78 is 18.1. The molecule has 1 atom stereocenters. The first-order valence-electron chi connectivity index (χ1n) is 9.90. The largest absolute Gasteiger partial charge is 0.467 e. The number of ether oxygens (including phenoxy) is 1. The number of amides is 2. The molecule has 1 aromatic rings. The highest BCUT2D eigenvalue weighted by Crippen LogP contribution is 2.30. The number of nitrogens with zero attached hydrogens (tertiary/aromatic N) is 1. The molecule has 1 saturated heterocycles. The lowest BCUT2D eigenvalue weighted by Gasteiger charge is -2.38. The van der Waals surface area contributed by atoms with E-state index < -0.39 is 17.3 Å². The van der Waals surface area contributed by atoms with Crippen molar-refractivity contribution in [2.75, 3.05) is 20.2 Å². The summed E-state index contributed by atoms with van der Waals surface area (Å²) in [7, 11) is 1.34. The fraction of sp³-hybridized carbons (Fsp3) is 0.571. The maximum absolute atomic E-state index is 13.1. The van der Waals surface area contributed by atoms with Gasteiger partial charge in [0.15, 0.2) is 0 Å². The number of piperidine rings is 1. The third kappa shape index (κ3) is 4.34. The average molecular weight is 390 g/mol. The number of nitrogens with one attached hydrogen (secondary N) is 1. The van der Waals surface area contributed by atoms with Gasteiger partial charge in [0.05, 0.1) is 13.0 Å². The number of benzene rings is 1. The summed E-state index contributed by atoms with van der Waals surface area (Å²) in [6.45, 7) is 0.849. The van der Waals surface area contributed by atoms with Gasteiger partial charge >= 0.3 is 5.97 Å². The summed E-state index contributed by atoms with van der Waals surface area (Å²) >= 11 is 0. The topological polar surface area (TPSA) is 75.7 Å². The maximum Gasteiger partial charge on any atom is 0.331 e. The Labute approximate surface area is 164 Å². The van der Waals surface area contributed by atoms with Gasteiger partial charge in [-0.05, 0) is 49.9 Å². The molecular weight excluding hydrogens is 363 g/mol. The maximum atomic E-state index is 13.1. The summed E-state index contributed by atoms with van der Waals surface area (Å²) in [5, 5.41) is 2.96. The van der Waals surface area contributed by atoms with E-state index in [1.165, 1.54) is 31.4 Å². The van der Waals surface area contributed by atoms with E-state index in [0.717, 1.165) is 19.3 Å². The number of likely N-dealkylation sites (tertiary alicyclic amines) is 1. The Bertz CT molecular complexity index is 728. The quantitative estimate of drug-likeness (QED) is 0.802. The lowest BCUT2D eigenvalue weighted by atomic mass is 9.81. The summed E-state index contributed by atoms with van der Waals surface area (Å²) in [6.07, 6.45) is 5.31. The van der Waals surface area contributed by atoms with Gasteiger partial charge in [0, 0.05) is 18.7 Å². The molecule has 3 rings (SSSR count). The molecule has 0 radical (unpaired) electrons. The molecule has 2 amide bonds. The van der Waals surface area contributed by atoms with Crippen molar-refractivity contribution in [1.82, 2.24) is 10.2 Å². The van der Waals surface area contributed by atoms with Crippen LogP contribution in [0.4, 0.5) is 4.39 Å². The van der Waals surface area contributed by atoms with Crippen molar-refractivity contribution in [3.8, 4) is 0 Å². The molecule has 6 nitrogen and oxygen atoms in total. The van der Waals surface area contributed by atoms with Gasteiger partial charge < -0.3 is 15.0 Å². The lowest BCUT2D eigenvalue weighted by molar-refractivity contribution is -0.153. The van der Waals surface area contributed by atoms with E-state index in [0.29, 0.717) is 44.3 Å². The van der Waals surface area contributed by atoms with Crippen molar-refractivity contribution in [2.24, 2.45) is 5.92 Å². The van der Waals surface area contributed by atoms with Crippen molar-refractivity contribution in [1.29, 1.82) is 0 Å². The SMILES string of the molecule is COC(=O)C1(NC(=O)C2CCCN(C(=O)c3ccc(F)cc3)C2)CCCCC1.